The van der Waals surface area contributed by atoms with Crippen LogP contribution in [0.3, 0.4) is 0 Å². The van der Waals surface area contributed by atoms with Crippen LogP contribution < -0.4 is 16.4 Å². The van der Waals surface area contributed by atoms with Gasteiger partial charge in [0.15, 0.2) is 0 Å². The van der Waals surface area contributed by atoms with Crippen molar-refractivity contribution in [2.45, 2.75) is 25.3 Å². The number of amides is 2. The Labute approximate surface area is 146 Å². The van der Waals surface area contributed by atoms with Crippen LogP contribution in [0.15, 0.2) is 48.7 Å². The zero-order valence-electron chi connectivity index (χ0n) is 14.3. The number of nitrogens with one attached hydrogen (secondary N) is 2. The zero-order chi connectivity index (χ0) is 17.4. The highest BCUT2D eigenvalue weighted by atomic mass is 16.2. The lowest BCUT2D eigenvalue weighted by atomic mass is 9.88. The number of carbonyl (C=O) groups excluding carboxylic acids is 1. The second-order valence-electron chi connectivity index (χ2n) is 6.69. The smallest absolute Gasteiger partial charge is 0.323 e. The van der Waals surface area contributed by atoms with Gasteiger partial charge in [-0.25, -0.2) is 4.79 Å². The summed E-state index contributed by atoms with van der Waals surface area (Å²) in [6.07, 6.45) is 5.20. The molecule has 5 nitrogen and oxygen atoms in total. The predicted octanol–water partition coefficient (Wildman–Crippen LogP) is 4.16. The van der Waals surface area contributed by atoms with Gasteiger partial charge in [-0.3, -0.25) is 0 Å². The van der Waals surface area contributed by atoms with Crippen LogP contribution in [0.5, 0.6) is 0 Å². The van der Waals surface area contributed by atoms with Gasteiger partial charge in [0.2, 0.25) is 0 Å². The molecule has 1 aromatic heterocycles. The molecule has 0 bridgehead atoms. The van der Waals surface area contributed by atoms with Crippen molar-refractivity contribution in [2.75, 3.05) is 10.6 Å². The van der Waals surface area contributed by atoms with Gasteiger partial charge in [-0.05, 0) is 66.8 Å². The molecular formula is C20H22N4O. The molecule has 0 fully saturated rings. The molecule has 5 heteroatoms. The number of nitrogens with zero attached hydrogens (tertiary/aromatic N) is 1. The third-order valence-corrected chi connectivity index (χ3v) is 4.91. The van der Waals surface area contributed by atoms with E-state index >= 15 is 0 Å². The van der Waals surface area contributed by atoms with E-state index < -0.39 is 0 Å². The lowest BCUT2D eigenvalue weighted by molar-refractivity contribution is 0.262. The molecule has 0 spiro atoms. The molecule has 2 amide bonds. The van der Waals surface area contributed by atoms with E-state index in [2.05, 4.69) is 21.3 Å². The Morgan fingerprint density at radius 2 is 1.88 bits per heavy atom. The number of hydrogen-bond acceptors (Lipinski definition) is 2. The predicted molar refractivity (Wildman–Crippen MR) is 102 cm³/mol. The Kier molecular flexibility index (Phi) is 3.93. The monoisotopic (exact) mass is 334 g/mol. The first kappa shape index (κ1) is 15.7. The van der Waals surface area contributed by atoms with E-state index in [0.29, 0.717) is 0 Å². The molecule has 1 aliphatic rings. The molecular weight excluding hydrogens is 312 g/mol. The third-order valence-electron chi connectivity index (χ3n) is 4.91. The number of anilines is 2. The van der Waals surface area contributed by atoms with E-state index in [-0.39, 0.29) is 12.1 Å². The summed E-state index contributed by atoms with van der Waals surface area (Å²) in [4.78, 5) is 12.3. The van der Waals surface area contributed by atoms with Gasteiger partial charge >= 0.3 is 6.03 Å². The average molecular weight is 334 g/mol. The van der Waals surface area contributed by atoms with Gasteiger partial charge in [-0.15, -0.1) is 0 Å². The first-order chi connectivity index (χ1) is 12.1. The number of benzene rings is 2. The lowest BCUT2D eigenvalue weighted by Gasteiger charge is -2.23. The van der Waals surface area contributed by atoms with Crippen molar-refractivity contribution in [1.29, 1.82) is 0 Å². The highest BCUT2D eigenvalue weighted by Gasteiger charge is 2.17. The molecule has 0 radical (unpaired) electrons. The van der Waals surface area contributed by atoms with Crippen LogP contribution in [-0.4, -0.2) is 10.6 Å². The summed E-state index contributed by atoms with van der Waals surface area (Å²) in [6, 6.07) is 13.7. The van der Waals surface area contributed by atoms with E-state index in [4.69, 9.17) is 5.73 Å². The van der Waals surface area contributed by atoms with Crippen LogP contribution in [0.2, 0.25) is 0 Å². The zero-order valence-corrected chi connectivity index (χ0v) is 14.3. The van der Waals surface area contributed by atoms with Crippen molar-refractivity contribution in [3.05, 3.63) is 59.8 Å². The molecule has 0 saturated heterocycles. The molecule has 0 aliphatic heterocycles. The molecule has 4 N–H and O–H groups in total. The normalized spacial score (nSPS) is 16.5. The quantitative estimate of drug-likeness (QED) is 0.658. The fourth-order valence-electron chi connectivity index (χ4n) is 3.57. The summed E-state index contributed by atoms with van der Waals surface area (Å²) < 4.78 is 2.05. The maximum absolute atomic E-state index is 12.3. The molecule has 1 heterocycles. The van der Waals surface area contributed by atoms with Crippen molar-refractivity contribution in [2.24, 2.45) is 12.8 Å². The fourth-order valence-corrected chi connectivity index (χ4v) is 3.57. The van der Waals surface area contributed by atoms with Crippen LogP contribution >= 0.6 is 0 Å². The van der Waals surface area contributed by atoms with Crippen LogP contribution in [0.4, 0.5) is 16.2 Å². The molecule has 1 unspecified atom stereocenters. The van der Waals surface area contributed by atoms with E-state index in [0.717, 1.165) is 47.1 Å². The highest BCUT2D eigenvalue weighted by molar-refractivity contribution is 6.01. The lowest BCUT2D eigenvalue weighted by Crippen LogP contribution is -2.21. The van der Waals surface area contributed by atoms with E-state index in [1.165, 1.54) is 5.56 Å². The maximum Gasteiger partial charge on any atom is 0.323 e. The Bertz CT molecular complexity index is 944. The van der Waals surface area contributed by atoms with Crippen molar-refractivity contribution in [3.8, 4) is 0 Å². The standard InChI is InChI=1S/C20H22N4O/c1-24-10-9-14-11-15(7-8-19(14)24)22-20(25)23-16-6-5-13-3-2-4-18(21)17(13)12-16/h5-12,18H,2-4,21H2,1H3,(H2,22,23,25). The minimum Gasteiger partial charge on any atom is -0.351 e. The van der Waals surface area contributed by atoms with Crippen LogP contribution in [0, 0.1) is 0 Å². The second-order valence-corrected chi connectivity index (χ2v) is 6.69. The number of rotatable bonds is 2. The van der Waals surface area contributed by atoms with Crippen LogP contribution in [0.1, 0.15) is 30.0 Å². The van der Waals surface area contributed by atoms with Gasteiger partial charge in [-0.1, -0.05) is 6.07 Å². The minimum atomic E-state index is -0.250. The summed E-state index contributed by atoms with van der Waals surface area (Å²) in [5.74, 6) is 0. The van der Waals surface area contributed by atoms with E-state index in [9.17, 15) is 4.79 Å². The Morgan fingerprint density at radius 3 is 2.72 bits per heavy atom. The summed E-state index contributed by atoms with van der Waals surface area (Å²) in [7, 11) is 2.00. The summed E-state index contributed by atoms with van der Waals surface area (Å²) >= 11 is 0. The summed E-state index contributed by atoms with van der Waals surface area (Å²) in [6.45, 7) is 0. The SMILES string of the molecule is Cn1ccc2cc(NC(=O)Nc3ccc4c(c3)C(N)CCC4)ccc21. The number of carbonyl (C=O) groups is 1. The molecule has 3 aromatic rings. The maximum atomic E-state index is 12.3. The topological polar surface area (TPSA) is 72.1 Å². The van der Waals surface area contributed by atoms with Crippen molar-refractivity contribution >= 4 is 28.3 Å². The number of aryl methyl sites for hydroxylation is 2. The summed E-state index contributed by atoms with van der Waals surface area (Å²) in [5, 5.41) is 6.89. The molecule has 1 atom stereocenters. The van der Waals surface area contributed by atoms with E-state index in [1.807, 2.05) is 49.6 Å². The average Bonchev–Trinajstić information content (AvgIpc) is 2.96. The number of nitrogens with two attached hydrogens (primary N) is 1. The molecule has 1 aliphatic carbocycles. The van der Waals surface area contributed by atoms with Gasteiger partial charge in [0.05, 0.1) is 0 Å². The van der Waals surface area contributed by atoms with Gasteiger partial charge in [0.25, 0.3) is 0 Å². The first-order valence-corrected chi connectivity index (χ1v) is 8.62. The largest absolute Gasteiger partial charge is 0.351 e. The van der Waals surface area contributed by atoms with Crippen molar-refractivity contribution in [3.63, 3.8) is 0 Å². The van der Waals surface area contributed by atoms with Crippen molar-refractivity contribution in [1.82, 2.24) is 4.57 Å². The Morgan fingerprint density at radius 1 is 1.12 bits per heavy atom. The Balaban J connectivity index is 1.49. The molecule has 4 rings (SSSR count). The first-order valence-electron chi connectivity index (χ1n) is 8.62. The number of hydrogen-bond donors (Lipinski definition) is 3. The number of fused-ring (bicyclic) bond motifs is 2. The van der Waals surface area contributed by atoms with Gasteiger partial charge in [-0.2, -0.15) is 0 Å². The Hall–Kier alpha value is -2.79. The highest BCUT2D eigenvalue weighted by Crippen LogP contribution is 2.30. The molecule has 0 saturated carbocycles. The second kappa shape index (κ2) is 6.26. The molecule has 25 heavy (non-hydrogen) atoms. The number of urea groups is 1. The minimum absolute atomic E-state index is 0.0639. The third kappa shape index (κ3) is 3.10. The molecule has 2 aromatic carbocycles. The molecule has 128 valence electrons. The summed E-state index contributed by atoms with van der Waals surface area (Å²) in [5.41, 5.74) is 11.3. The van der Waals surface area contributed by atoms with Crippen LogP contribution in [0.25, 0.3) is 10.9 Å². The van der Waals surface area contributed by atoms with Gasteiger partial charge in [0, 0.05) is 41.6 Å². The van der Waals surface area contributed by atoms with Gasteiger partial charge < -0.3 is 20.9 Å². The van der Waals surface area contributed by atoms with Crippen LogP contribution in [-0.2, 0) is 13.5 Å². The fraction of sp³-hybridized carbons (Fsp3) is 0.250. The van der Waals surface area contributed by atoms with Gasteiger partial charge in [0.1, 0.15) is 0 Å². The van der Waals surface area contributed by atoms with E-state index in [1.54, 1.807) is 0 Å². The van der Waals surface area contributed by atoms with Crippen molar-refractivity contribution < 1.29 is 4.79 Å². The number of aromatic nitrogens is 1.